The van der Waals surface area contributed by atoms with Gasteiger partial charge in [0.25, 0.3) is 0 Å². The molecular weight excluding hydrogens is 343 g/mol. The minimum Gasteiger partial charge on any atom is -0.474 e. The molecule has 0 spiro atoms. The van der Waals surface area contributed by atoms with Crippen molar-refractivity contribution in [3.63, 3.8) is 0 Å². The molecular formula is C18H21FN2O3S. The molecule has 1 aromatic carbocycles. The normalized spacial score (nSPS) is 15.4. The summed E-state index contributed by atoms with van der Waals surface area (Å²) in [4.78, 5) is 4.26. The van der Waals surface area contributed by atoms with Crippen LogP contribution in [0.2, 0.25) is 0 Å². The molecule has 1 aromatic heterocycles. The van der Waals surface area contributed by atoms with Crippen molar-refractivity contribution in [1.82, 2.24) is 9.71 Å². The summed E-state index contributed by atoms with van der Waals surface area (Å²) in [6.45, 7) is 1.68. The van der Waals surface area contributed by atoms with E-state index in [9.17, 15) is 12.8 Å². The van der Waals surface area contributed by atoms with E-state index in [-0.39, 0.29) is 17.5 Å². The van der Waals surface area contributed by atoms with Crippen LogP contribution < -0.4 is 9.46 Å². The Morgan fingerprint density at radius 3 is 2.72 bits per heavy atom. The van der Waals surface area contributed by atoms with Gasteiger partial charge in [-0.2, -0.15) is 0 Å². The molecule has 25 heavy (non-hydrogen) atoms. The highest BCUT2D eigenvalue weighted by Crippen LogP contribution is 2.23. The molecule has 1 heterocycles. The van der Waals surface area contributed by atoms with Crippen LogP contribution in [0.5, 0.6) is 5.88 Å². The topological polar surface area (TPSA) is 68.3 Å². The second kappa shape index (κ2) is 7.49. The number of sulfonamides is 1. The Bertz CT molecular complexity index is 849. The van der Waals surface area contributed by atoms with Gasteiger partial charge in [0.1, 0.15) is 11.9 Å². The van der Waals surface area contributed by atoms with Crippen LogP contribution in [0.4, 0.5) is 4.39 Å². The summed E-state index contributed by atoms with van der Waals surface area (Å²) in [5.41, 5.74) is 1.12. The zero-order valence-corrected chi connectivity index (χ0v) is 14.9. The Balaban J connectivity index is 1.68. The third-order valence-electron chi connectivity index (χ3n) is 4.28. The van der Waals surface area contributed by atoms with Gasteiger partial charge in [-0.3, -0.25) is 0 Å². The molecule has 0 aliphatic heterocycles. The highest BCUT2D eigenvalue weighted by Gasteiger charge is 2.18. The average Bonchev–Trinajstić information content (AvgIpc) is 3.06. The van der Waals surface area contributed by atoms with E-state index in [4.69, 9.17) is 4.74 Å². The smallest absolute Gasteiger partial charge is 0.241 e. The Morgan fingerprint density at radius 1 is 1.24 bits per heavy atom. The van der Waals surface area contributed by atoms with Gasteiger partial charge in [0, 0.05) is 18.8 Å². The van der Waals surface area contributed by atoms with Crippen LogP contribution >= 0.6 is 0 Å². The van der Waals surface area contributed by atoms with Crippen molar-refractivity contribution >= 4 is 10.0 Å². The average molecular weight is 364 g/mol. The molecule has 3 rings (SSSR count). The highest BCUT2D eigenvalue weighted by molar-refractivity contribution is 7.89. The molecule has 2 aromatic rings. The number of pyridine rings is 1. The Morgan fingerprint density at radius 2 is 2.00 bits per heavy atom. The van der Waals surface area contributed by atoms with Crippen molar-refractivity contribution in [3.8, 4) is 5.88 Å². The molecule has 0 atom stereocenters. The predicted octanol–water partition coefficient (Wildman–Crippen LogP) is 3.33. The summed E-state index contributed by atoms with van der Waals surface area (Å²) in [7, 11) is -3.72. The first-order valence-electron chi connectivity index (χ1n) is 8.31. The number of rotatable bonds is 6. The summed E-state index contributed by atoms with van der Waals surface area (Å²) >= 11 is 0. The fourth-order valence-electron chi connectivity index (χ4n) is 2.97. The van der Waals surface area contributed by atoms with Crippen LogP contribution in [0.25, 0.3) is 0 Å². The molecule has 7 heteroatoms. The number of nitrogens with zero attached hydrogens (tertiary/aromatic N) is 1. The second-order valence-corrected chi connectivity index (χ2v) is 8.00. The number of aryl methyl sites for hydroxylation is 1. The number of aromatic nitrogens is 1. The lowest BCUT2D eigenvalue weighted by Gasteiger charge is -2.13. The molecule has 0 bridgehead atoms. The van der Waals surface area contributed by atoms with Crippen molar-refractivity contribution < 1.29 is 17.5 Å². The number of benzene rings is 1. The number of ether oxygens (including phenoxy) is 1. The number of halogens is 1. The molecule has 0 saturated heterocycles. The van der Waals surface area contributed by atoms with Gasteiger partial charge in [-0.25, -0.2) is 22.5 Å². The molecule has 1 N–H and O–H groups in total. The van der Waals surface area contributed by atoms with E-state index in [1.807, 2.05) is 0 Å². The molecule has 0 radical (unpaired) electrons. The van der Waals surface area contributed by atoms with Crippen LogP contribution in [-0.2, 0) is 16.6 Å². The zero-order valence-electron chi connectivity index (χ0n) is 14.0. The van der Waals surface area contributed by atoms with Crippen molar-refractivity contribution in [2.45, 2.75) is 50.2 Å². The third kappa shape index (κ3) is 4.55. The number of hydrogen-bond donors (Lipinski definition) is 1. The number of nitrogens with one attached hydrogen (secondary N) is 1. The van der Waals surface area contributed by atoms with Crippen LogP contribution in [-0.4, -0.2) is 19.5 Å². The monoisotopic (exact) mass is 364 g/mol. The summed E-state index contributed by atoms with van der Waals surface area (Å²) in [6, 6.07) is 7.10. The first-order valence-corrected chi connectivity index (χ1v) is 9.80. The summed E-state index contributed by atoms with van der Waals surface area (Å²) in [5, 5.41) is 0. The maximum absolute atomic E-state index is 13.2. The van der Waals surface area contributed by atoms with Gasteiger partial charge in [-0.05, 0) is 68.0 Å². The van der Waals surface area contributed by atoms with Gasteiger partial charge in [0.05, 0.1) is 4.90 Å². The van der Waals surface area contributed by atoms with E-state index in [0.29, 0.717) is 11.4 Å². The van der Waals surface area contributed by atoms with E-state index >= 15 is 0 Å². The fraction of sp³-hybridized carbons (Fsp3) is 0.389. The van der Waals surface area contributed by atoms with Crippen LogP contribution in [0.3, 0.4) is 0 Å². The molecule has 1 aliphatic rings. The first kappa shape index (κ1) is 17.8. The van der Waals surface area contributed by atoms with E-state index in [1.165, 1.54) is 25.0 Å². The maximum Gasteiger partial charge on any atom is 0.241 e. The molecule has 5 nitrogen and oxygen atoms in total. The minimum absolute atomic E-state index is 0.0744. The highest BCUT2D eigenvalue weighted by atomic mass is 32.2. The Labute approximate surface area is 147 Å². The van der Waals surface area contributed by atoms with Crippen molar-refractivity contribution in [3.05, 3.63) is 53.5 Å². The van der Waals surface area contributed by atoms with Crippen LogP contribution in [0.15, 0.2) is 41.4 Å². The zero-order chi connectivity index (χ0) is 17.9. The summed E-state index contributed by atoms with van der Waals surface area (Å²) in [6.07, 6.45) is 6.20. The van der Waals surface area contributed by atoms with Gasteiger partial charge in [-0.15, -0.1) is 0 Å². The lowest BCUT2D eigenvalue weighted by Crippen LogP contribution is -2.24. The standard InChI is InChI=1S/C18H21FN2O3S/c1-13-10-15(19)6-7-17(13)25(22,23)21-12-14-8-9-20-18(11-14)24-16-4-2-3-5-16/h6-11,16,21H,2-5,12H2,1H3. The number of hydrogen-bond acceptors (Lipinski definition) is 4. The van der Waals surface area contributed by atoms with Gasteiger partial charge >= 0.3 is 0 Å². The van der Waals surface area contributed by atoms with E-state index in [2.05, 4.69) is 9.71 Å². The van der Waals surface area contributed by atoms with Gasteiger partial charge in [-0.1, -0.05) is 0 Å². The fourth-order valence-corrected chi connectivity index (χ4v) is 4.21. The van der Waals surface area contributed by atoms with Gasteiger partial charge in [0.2, 0.25) is 15.9 Å². The molecule has 0 amide bonds. The van der Waals surface area contributed by atoms with E-state index in [0.717, 1.165) is 24.5 Å². The largest absolute Gasteiger partial charge is 0.474 e. The quantitative estimate of drug-likeness (QED) is 0.854. The van der Waals surface area contributed by atoms with Gasteiger partial charge in [0.15, 0.2) is 0 Å². The van der Waals surface area contributed by atoms with Crippen molar-refractivity contribution in [2.75, 3.05) is 0 Å². The summed E-state index contributed by atoms with van der Waals surface area (Å²) in [5.74, 6) is 0.0563. The van der Waals surface area contributed by atoms with Crippen molar-refractivity contribution in [2.24, 2.45) is 0 Å². The maximum atomic E-state index is 13.2. The molecule has 1 aliphatic carbocycles. The summed E-state index contributed by atoms with van der Waals surface area (Å²) < 4.78 is 46.4. The van der Waals surface area contributed by atoms with Crippen LogP contribution in [0, 0.1) is 12.7 Å². The lowest BCUT2D eigenvalue weighted by molar-refractivity contribution is 0.201. The minimum atomic E-state index is -3.72. The Kier molecular flexibility index (Phi) is 5.34. The predicted molar refractivity (Wildman–Crippen MR) is 92.3 cm³/mol. The molecule has 134 valence electrons. The molecule has 0 unspecified atom stereocenters. The lowest BCUT2D eigenvalue weighted by atomic mass is 10.2. The van der Waals surface area contributed by atoms with E-state index in [1.54, 1.807) is 25.3 Å². The first-order chi connectivity index (χ1) is 11.9. The SMILES string of the molecule is Cc1cc(F)ccc1S(=O)(=O)NCc1ccnc(OC2CCCC2)c1. The van der Waals surface area contributed by atoms with E-state index < -0.39 is 15.8 Å². The van der Waals surface area contributed by atoms with Gasteiger partial charge < -0.3 is 4.74 Å². The van der Waals surface area contributed by atoms with Crippen molar-refractivity contribution in [1.29, 1.82) is 0 Å². The molecule has 1 fully saturated rings. The second-order valence-electron chi connectivity index (χ2n) is 6.26. The third-order valence-corrected chi connectivity index (χ3v) is 5.84. The molecule has 1 saturated carbocycles. The Hall–Kier alpha value is -1.99. The van der Waals surface area contributed by atoms with Crippen LogP contribution in [0.1, 0.15) is 36.8 Å².